The molecule has 0 aliphatic heterocycles. The first-order valence-electron chi connectivity index (χ1n) is 5.83. The Morgan fingerprint density at radius 1 is 0.800 bits per heavy atom. The van der Waals surface area contributed by atoms with Crippen molar-refractivity contribution in [2.45, 2.75) is 13.8 Å². The molecule has 0 saturated heterocycles. The van der Waals surface area contributed by atoms with Crippen LogP contribution in [-0.2, 0) is 0 Å². The number of nitro groups is 2. The number of rotatable bonds is 2. The van der Waals surface area contributed by atoms with E-state index in [9.17, 15) is 20.2 Å². The third-order valence-electron chi connectivity index (χ3n) is 2.56. The Bertz CT molecular complexity index is 609. The molecule has 6 nitrogen and oxygen atoms in total. The summed E-state index contributed by atoms with van der Waals surface area (Å²) in [5, 5.41) is 20.3. The first-order chi connectivity index (χ1) is 9.41. The van der Waals surface area contributed by atoms with Crippen LogP contribution in [0, 0.1) is 34.1 Å². The van der Waals surface area contributed by atoms with E-state index in [1.807, 2.05) is 6.92 Å². The molecule has 0 bridgehead atoms. The molecular weight excluding hydrogens is 260 g/mol. The lowest BCUT2D eigenvalue weighted by Gasteiger charge is -1.92. The molecule has 0 fully saturated rings. The number of para-hydroxylation sites is 1. The van der Waals surface area contributed by atoms with Gasteiger partial charge < -0.3 is 0 Å². The van der Waals surface area contributed by atoms with Gasteiger partial charge in [-0.3, -0.25) is 20.2 Å². The van der Waals surface area contributed by atoms with E-state index in [0.717, 1.165) is 5.56 Å². The maximum atomic E-state index is 10.2. The zero-order valence-corrected chi connectivity index (χ0v) is 11.1. The minimum atomic E-state index is -0.403. The molecule has 2 aromatic rings. The summed E-state index contributed by atoms with van der Waals surface area (Å²) in [6, 6.07) is 13.1. The molecular formula is C14H14N2O4. The minimum absolute atomic E-state index is 0.144. The van der Waals surface area contributed by atoms with Crippen molar-refractivity contribution < 1.29 is 9.85 Å². The first-order valence-corrected chi connectivity index (χ1v) is 5.83. The highest BCUT2D eigenvalue weighted by molar-refractivity contribution is 5.38. The number of hydrogen-bond acceptors (Lipinski definition) is 4. The second kappa shape index (κ2) is 6.98. The van der Waals surface area contributed by atoms with Crippen LogP contribution >= 0.6 is 0 Å². The maximum Gasteiger partial charge on any atom is 0.272 e. The minimum Gasteiger partial charge on any atom is -0.258 e. The van der Waals surface area contributed by atoms with E-state index in [2.05, 4.69) is 0 Å². The molecule has 0 heterocycles. The van der Waals surface area contributed by atoms with Gasteiger partial charge in [-0.1, -0.05) is 35.9 Å². The number of hydrogen-bond donors (Lipinski definition) is 0. The van der Waals surface area contributed by atoms with Crippen LogP contribution in [0.1, 0.15) is 11.1 Å². The zero-order chi connectivity index (χ0) is 15.1. The van der Waals surface area contributed by atoms with Crippen LogP contribution in [0.25, 0.3) is 0 Å². The summed E-state index contributed by atoms with van der Waals surface area (Å²) < 4.78 is 0. The van der Waals surface area contributed by atoms with Crippen LogP contribution in [0.2, 0.25) is 0 Å². The van der Waals surface area contributed by atoms with Crippen molar-refractivity contribution in [3.05, 3.63) is 79.9 Å². The van der Waals surface area contributed by atoms with E-state index in [1.165, 1.54) is 18.2 Å². The average molecular weight is 274 g/mol. The molecule has 0 spiro atoms. The van der Waals surface area contributed by atoms with Gasteiger partial charge in [0.15, 0.2) is 0 Å². The molecule has 0 radical (unpaired) electrons. The summed E-state index contributed by atoms with van der Waals surface area (Å²) in [6.07, 6.45) is 0. The van der Waals surface area contributed by atoms with Gasteiger partial charge >= 0.3 is 0 Å². The molecule has 2 aromatic carbocycles. The van der Waals surface area contributed by atoms with E-state index in [0.29, 0.717) is 5.56 Å². The van der Waals surface area contributed by atoms with Crippen molar-refractivity contribution in [1.82, 2.24) is 0 Å². The lowest BCUT2D eigenvalue weighted by atomic mass is 10.2. The van der Waals surface area contributed by atoms with Crippen LogP contribution in [-0.4, -0.2) is 9.85 Å². The molecule has 2 rings (SSSR count). The monoisotopic (exact) mass is 274 g/mol. The molecule has 0 N–H and O–H groups in total. The summed E-state index contributed by atoms with van der Waals surface area (Å²) in [5.41, 5.74) is 2.06. The normalized spacial score (nSPS) is 9.30. The van der Waals surface area contributed by atoms with Gasteiger partial charge in [-0.25, -0.2) is 0 Å². The summed E-state index contributed by atoms with van der Waals surface area (Å²) >= 11 is 0. The van der Waals surface area contributed by atoms with Crippen molar-refractivity contribution in [3.63, 3.8) is 0 Å². The van der Waals surface area contributed by atoms with Gasteiger partial charge in [0.1, 0.15) is 0 Å². The Balaban J connectivity index is 0.000000200. The third kappa shape index (κ3) is 4.49. The number of aryl methyl sites for hydroxylation is 2. The van der Waals surface area contributed by atoms with E-state index < -0.39 is 4.92 Å². The topological polar surface area (TPSA) is 86.3 Å². The third-order valence-corrected chi connectivity index (χ3v) is 2.56. The predicted octanol–water partition coefficient (Wildman–Crippen LogP) is 3.81. The lowest BCUT2D eigenvalue weighted by Crippen LogP contribution is -1.89. The van der Waals surface area contributed by atoms with Gasteiger partial charge in [0.25, 0.3) is 11.4 Å². The van der Waals surface area contributed by atoms with Crippen LogP contribution in [0.4, 0.5) is 11.4 Å². The fraction of sp³-hybridized carbons (Fsp3) is 0.143. The maximum absolute atomic E-state index is 10.2. The Morgan fingerprint density at radius 2 is 1.35 bits per heavy atom. The fourth-order valence-corrected chi connectivity index (χ4v) is 1.43. The van der Waals surface area contributed by atoms with Crippen LogP contribution < -0.4 is 0 Å². The van der Waals surface area contributed by atoms with Gasteiger partial charge in [0.2, 0.25) is 0 Å². The number of nitro benzene ring substituents is 2. The average Bonchev–Trinajstić information content (AvgIpc) is 2.40. The molecule has 6 heteroatoms. The summed E-state index contributed by atoms with van der Waals surface area (Å²) in [6.45, 7) is 3.61. The van der Waals surface area contributed by atoms with E-state index >= 15 is 0 Å². The summed E-state index contributed by atoms with van der Waals surface area (Å²) in [7, 11) is 0. The standard InChI is InChI=1S/2C7H7NO2/c1-6-2-4-7(5-3-6)8(9)10;1-6-4-2-3-5-7(6)8(9)10/h2*2-5H,1H3. The van der Waals surface area contributed by atoms with Gasteiger partial charge in [0, 0.05) is 23.8 Å². The van der Waals surface area contributed by atoms with Crippen molar-refractivity contribution in [2.24, 2.45) is 0 Å². The predicted molar refractivity (Wildman–Crippen MR) is 75.7 cm³/mol. The molecule has 0 aromatic heterocycles. The molecule has 20 heavy (non-hydrogen) atoms. The first kappa shape index (κ1) is 15.3. The number of nitrogens with zero attached hydrogens (tertiary/aromatic N) is 2. The lowest BCUT2D eigenvalue weighted by molar-refractivity contribution is -0.385. The van der Waals surface area contributed by atoms with Crippen LogP contribution in [0.3, 0.4) is 0 Å². The van der Waals surface area contributed by atoms with Crippen molar-refractivity contribution in [1.29, 1.82) is 0 Å². The van der Waals surface area contributed by atoms with Gasteiger partial charge in [-0.15, -0.1) is 0 Å². The summed E-state index contributed by atoms with van der Waals surface area (Å²) in [5.74, 6) is 0. The molecule has 104 valence electrons. The Labute approximate surface area is 116 Å². The molecule has 0 unspecified atom stereocenters. The Morgan fingerprint density at radius 3 is 1.75 bits per heavy atom. The molecule has 0 amide bonds. The van der Waals surface area contributed by atoms with E-state index in [4.69, 9.17) is 0 Å². The fourth-order valence-electron chi connectivity index (χ4n) is 1.43. The van der Waals surface area contributed by atoms with Crippen molar-refractivity contribution in [2.75, 3.05) is 0 Å². The smallest absolute Gasteiger partial charge is 0.258 e. The molecule has 0 aliphatic rings. The molecule has 0 atom stereocenters. The van der Waals surface area contributed by atoms with Crippen LogP contribution in [0.15, 0.2) is 48.5 Å². The quantitative estimate of drug-likeness (QED) is 0.615. The molecule has 0 saturated carbocycles. The second-order valence-electron chi connectivity index (χ2n) is 4.14. The van der Waals surface area contributed by atoms with Gasteiger partial charge in [-0.2, -0.15) is 0 Å². The van der Waals surface area contributed by atoms with Crippen molar-refractivity contribution >= 4 is 11.4 Å². The highest BCUT2D eigenvalue weighted by atomic mass is 16.6. The van der Waals surface area contributed by atoms with Crippen LogP contribution in [0.5, 0.6) is 0 Å². The van der Waals surface area contributed by atoms with Crippen molar-refractivity contribution in [3.8, 4) is 0 Å². The largest absolute Gasteiger partial charge is 0.272 e. The second-order valence-corrected chi connectivity index (χ2v) is 4.14. The highest BCUT2D eigenvalue weighted by Crippen LogP contribution is 2.15. The van der Waals surface area contributed by atoms with Gasteiger partial charge in [0.05, 0.1) is 9.85 Å². The Kier molecular flexibility index (Phi) is 5.34. The number of benzene rings is 2. The molecule has 0 aliphatic carbocycles. The SMILES string of the molecule is Cc1ccc([N+](=O)[O-])cc1.Cc1ccccc1[N+](=O)[O-]. The highest BCUT2D eigenvalue weighted by Gasteiger charge is 2.06. The van der Waals surface area contributed by atoms with E-state index in [-0.39, 0.29) is 16.3 Å². The van der Waals surface area contributed by atoms with E-state index in [1.54, 1.807) is 37.3 Å². The number of non-ortho nitro benzene ring substituents is 1. The zero-order valence-electron chi connectivity index (χ0n) is 11.1. The summed E-state index contributed by atoms with van der Waals surface area (Å²) in [4.78, 5) is 19.6. The Hall–Kier alpha value is -2.76. The van der Waals surface area contributed by atoms with Gasteiger partial charge in [-0.05, 0) is 13.8 Å².